The van der Waals surface area contributed by atoms with Crippen LogP contribution in [0, 0.1) is 0 Å². The zero-order valence-corrected chi connectivity index (χ0v) is 7.78. The molecule has 4 nitrogen and oxygen atoms in total. The molecule has 0 bridgehead atoms. The van der Waals surface area contributed by atoms with Gasteiger partial charge in [0.05, 0.1) is 0 Å². The summed E-state index contributed by atoms with van der Waals surface area (Å²) in [6.07, 6.45) is 1.11. The zero-order chi connectivity index (χ0) is 9.07. The summed E-state index contributed by atoms with van der Waals surface area (Å²) in [5.74, 6) is 0. The summed E-state index contributed by atoms with van der Waals surface area (Å²) in [5, 5.41) is 0. The number of hydrogen-bond acceptors (Lipinski definition) is 4. The Labute approximate surface area is 70.2 Å². The van der Waals surface area contributed by atoms with Crippen molar-refractivity contribution in [2.75, 3.05) is 7.05 Å². The molecular weight excluding hydrogens is 188 g/mol. The molecule has 0 spiro atoms. The largest absolute Gasteiger partial charge is 0.401 e. The number of halogens is 1. The lowest BCUT2D eigenvalue weighted by atomic mass is 10.5. The number of nitrogens with zero attached hydrogens (tertiary/aromatic N) is 1. The SMILES string of the molecule is CN=C/C(=C(/C)N)S(=O)(=O)Cl. The van der Waals surface area contributed by atoms with Gasteiger partial charge in [-0.05, 0) is 6.92 Å². The molecule has 2 N–H and O–H groups in total. The van der Waals surface area contributed by atoms with E-state index < -0.39 is 9.05 Å². The second-order valence-corrected chi connectivity index (χ2v) is 4.41. The van der Waals surface area contributed by atoms with E-state index in [1.54, 1.807) is 0 Å². The highest BCUT2D eigenvalue weighted by atomic mass is 35.7. The van der Waals surface area contributed by atoms with Gasteiger partial charge in [-0.3, -0.25) is 4.99 Å². The second kappa shape index (κ2) is 3.73. The fraction of sp³-hybridized carbons (Fsp3) is 0.400. The lowest BCUT2D eigenvalue weighted by Crippen LogP contribution is -2.05. The fourth-order valence-corrected chi connectivity index (χ4v) is 1.57. The van der Waals surface area contributed by atoms with Gasteiger partial charge in [-0.15, -0.1) is 0 Å². The summed E-state index contributed by atoms with van der Waals surface area (Å²) in [7, 11) is 2.70. The summed E-state index contributed by atoms with van der Waals surface area (Å²) in [5.41, 5.74) is 5.36. The summed E-state index contributed by atoms with van der Waals surface area (Å²) >= 11 is 0. The third kappa shape index (κ3) is 3.38. The molecule has 0 aliphatic carbocycles. The predicted molar refractivity (Wildman–Crippen MR) is 46.1 cm³/mol. The molecule has 0 unspecified atom stereocenters. The highest BCUT2D eigenvalue weighted by Crippen LogP contribution is 2.11. The van der Waals surface area contributed by atoms with Crippen LogP contribution < -0.4 is 5.73 Å². The van der Waals surface area contributed by atoms with Crippen LogP contribution in [0.1, 0.15) is 6.92 Å². The van der Waals surface area contributed by atoms with Crippen LogP contribution in [0.25, 0.3) is 0 Å². The van der Waals surface area contributed by atoms with E-state index >= 15 is 0 Å². The van der Waals surface area contributed by atoms with E-state index in [-0.39, 0.29) is 10.6 Å². The third-order valence-electron chi connectivity index (χ3n) is 0.898. The summed E-state index contributed by atoms with van der Waals surface area (Å²) < 4.78 is 21.4. The summed E-state index contributed by atoms with van der Waals surface area (Å²) in [4.78, 5) is 3.35. The average Bonchev–Trinajstić information content (AvgIpc) is 1.79. The van der Waals surface area contributed by atoms with E-state index in [9.17, 15) is 8.42 Å². The van der Waals surface area contributed by atoms with Gasteiger partial charge in [-0.25, -0.2) is 8.42 Å². The molecule has 0 aliphatic heterocycles. The van der Waals surface area contributed by atoms with Gasteiger partial charge in [0.1, 0.15) is 4.91 Å². The number of nitrogens with two attached hydrogens (primary N) is 1. The van der Waals surface area contributed by atoms with Crippen molar-refractivity contribution in [3.05, 3.63) is 10.6 Å². The first-order chi connectivity index (χ1) is 4.89. The molecule has 0 radical (unpaired) electrons. The van der Waals surface area contributed by atoms with Crippen molar-refractivity contribution in [3.63, 3.8) is 0 Å². The lowest BCUT2D eigenvalue weighted by molar-refractivity contribution is 0.616. The van der Waals surface area contributed by atoms with E-state index in [1.165, 1.54) is 14.0 Å². The van der Waals surface area contributed by atoms with Gasteiger partial charge < -0.3 is 5.73 Å². The van der Waals surface area contributed by atoms with Crippen LogP contribution in [0.4, 0.5) is 0 Å². The molecule has 6 heteroatoms. The molecule has 0 amide bonds. The van der Waals surface area contributed by atoms with Crippen molar-refractivity contribution in [2.45, 2.75) is 6.92 Å². The first-order valence-corrected chi connectivity index (χ1v) is 5.03. The van der Waals surface area contributed by atoms with Gasteiger partial charge in [0.2, 0.25) is 0 Å². The van der Waals surface area contributed by atoms with E-state index in [4.69, 9.17) is 16.4 Å². The first-order valence-electron chi connectivity index (χ1n) is 2.72. The van der Waals surface area contributed by atoms with Crippen molar-refractivity contribution < 1.29 is 8.42 Å². The zero-order valence-electron chi connectivity index (χ0n) is 6.20. The van der Waals surface area contributed by atoms with Gasteiger partial charge in [-0.2, -0.15) is 0 Å². The van der Waals surface area contributed by atoms with Crippen LogP contribution in [0.15, 0.2) is 15.6 Å². The van der Waals surface area contributed by atoms with E-state index in [1.807, 2.05) is 0 Å². The minimum absolute atomic E-state index is 0.130. The van der Waals surface area contributed by atoms with Gasteiger partial charge in [0.25, 0.3) is 9.05 Å². The Morgan fingerprint density at radius 1 is 1.64 bits per heavy atom. The minimum atomic E-state index is -3.75. The fourth-order valence-electron chi connectivity index (χ4n) is 0.474. The van der Waals surface area contributed by atoms with E-state index in [2.05, 4.69) is 4.99 Å². The highest BCUT2D eigenvalue weighted by Gasteiger charge is 2.13. The maximum Gasteiger partial charge on any atom is 0.264 e. The van der Waals surface area contributed by atoms with Crippen molar-refractivity contribution in [3.8, 4) is 0 Å². The van der Waals surface area contributed by atoms with Crippen molar-refractivity contribution in [1.82, 2.24) is 0 Å². The van der Waals surface area contributed by atoms with Crippen LogP contribution in [0.5, 0.6) is 0 Å². The highest BCUT2D eigenvalue weighted by molar-refractivity contribution is 8.17. The summed E-state index contributed by atoms with van der Waals surface area (Å²) in [6.45, 7) is 1.44. The maximum atomic E-state index is 10.7. The molecule has 0 saturated heterocycles. The quantitative estimate of drug-likeness (QED) is 0.515. The number of rotatable bonds is 2. The molecule has 11 heavy (non-hydrogen) atoms. The number of hydrogen-bond donors (Lipinski definition) is 1. The van der Waals surface area contributed by atoms with Crippen molar-refractivity contribution >= 4 is 25.9 Å². The molecule has 0 heterocycles. The van der Waals surface area contributed by atoms with Crippen LogP contribution in [0.3, 0.4) is 0 Å². The van der Waals surface area contributed by atoms with Crippen molar-refractivity contribution in [1.29, 1.82) is 0 Å². The molecule has 0 saturated carbocycles. The van der Waals surface area contributed by atoms with E-state index in [0.29, 0.717) is 0 Å². The predicted octanol–water partition coefficient (Wildman–Crippen LogP) is 0.446. The number of allylic oxidation sites excluding steroid dienone is 2. The normalized spacial score (nSPS) is 15.2. The molecule has 0 aromatic carbocycles. The Balaban J connectivity index is 5.14. The smallest absolute Gasteiger partial charge is 0.264 e. The summed E-state index contributed by atoms with van der Waals surface area (Å²) in [6, 6.07) is 0. The van der Waals surface area contributed by atoms with Gasteiger partial charge in [-0.1, -0.05) is 0 Å². The molecule has 0 aromatic rings. The van der Waals surface area contributed by atoms with Gasteiger partial charge in [0, 0.05) is 29.6 Å². The van der Waals surface area contributed by atoms with Gasteiger partial charge >= 0.3 is 0 Å². The van der Waals surface area contributed by atoms with E-state index in [0.717, 1.165) is 6.21 Å². The molecular formula is C5H9ClN2O2S. The number of aliphatic imine (C=N–C) groups is 1. The Hall–Kier alpha value is -0.550. The molecule has 0 fully saturated rings. The topological polar surface area (TPSA) is 72.5 Å². The molecule has 0 rings (SSSR count). The van der Waals surface area contributed by atoms with Crippen LogP contribution in [-0.2, 0) is 9.05 Å². The lowest BCUT2D eigenvalue weighted by Gasteiger charge is -1.97. The average molecular weight is 197 g/mol. The molecule has 64 valence electrons. The third-order valence-corrected chi connectivity index (χ3v) is 2.35. The molecule has 0 aliphatic rings. The Kier molecular flexibility index (Phi) is 3.54. The van der Waals surface area contributed by atoms with Crippen LogP contribution in [-0.4, -0.2) is 21.7 Å². The van der Waals surface area contributed by atoms with Crippen molar-refractivity contribution in [2.24, 2.45) is 10.7 Å². The monoisotopic (exact) mass is 196 g/mol. The van der Waals surface area contributed by atoms with Gasteiger partial charge in [0.15, 0.2) is 0 Å². The standard InChI is InChI=1S/C5H9ClN2O2S/c1-4(7)5(3-8-2)11(6,9)10/h3H,7H2,1-2H3/b5-4+,8-3?. The Bertz CT molecular complexity index is 288. The Morgan fingerprint density at radius 3 is 2.18 bits per heavy atom. The van der Waals surface area contributed by atoms with Crippen LogP contribution >= 0.6 is 10.7 Å². The Morgan fingerprint density at radius 2 is 2.09 bits per heavy atom. The second-order valence-electron chi connectivity index (χ2n) is 1.87. The minimum Gasteiger partial charge on any atom is -0.401 e. The molecule has 0 aromatic heterocycles. The molecule has 0 atom stereocenters. The first kappa shape index (κ1) is 10.4. The van der Waals surface area contributed by atoms with Crippen LogP contribution in [0.2, 0.25) is 0 Å². The maximum absolute atomic E-state index is 10.7.